The van der Waals surface area contributed by atoms with Gasteiger partial charge < -0.3 is 5.32 Å². The lowest BCUT2D eigenvalue weighted by Gasteiger charge is -2.43. The molecule has 1 aliphatic carbocycles. The summed E-state index contributed by atoms with van der Waals surface area (Å²) in [5, 5.41) is 4.24. The Bertz CT molecular complexity index is 427. The zero-order chi connectivity index (χ0) is 13.9. The van der Waals surface area contributed by atoms with Gasteiger partial charge in [-0.15, -0.1) is 0 Å². The molecule has 0 aliphatic heterocycles. The summed E-state index contributed by atoms with van der Waals surface area (Å²) in [6, 6.07) is 4.68. The van der Waals surface area contributed by atoms with Crippen molar-refractivity contribution in [1.29, 1.82) is 0 Å². The van der Waals surface area contributed by atoms with E-state index in [9.17, 15) is 4.39 Å². The van der Waals surface area contributed by atoms with Crippen molar-refractivity contribution in [3.8, 4) is 0 Å². The van der Waals surface area contributed by atoms with E-state index in [1.54, 1.807) is 12.1 Å². The van der Waals surface area contributed by atoms with E-state index in [1.807, 2.05) is 0 Å². The van der Waals surface area contributed by atoms with E-state index in [-0.39, 0.29) is 11.2 Å². The molecule has 19 heavy (non-hydrogen) atoms. The van der Waals surface area contributed by atoms with Crippen LogP contribution in [0.25, 0.3) is 0 Å². The van der Waals surface area contributed by atoms with Crippen molar-refractivity contribution in [2.75, 3.05) is 13.1 Å². The van der Waals surface area contributed by atoms with Gasteiger partial charge in [-0.1, -0.05) is 31.9 Å². The van der Waals surface area contributed by atoms with Crippen molar-refractivity contribution in [3.63, 3.8) is 0 Å². The van der Waals surface area contributed by atoms with Crippen LogP contribution in [0.2, 0.25) is 5.02 Å². The molecule has 0 atom stereocenters. The molecule has 0 aromatic heterocycles. The molecule has 1 fully saturated rings. The molecule has 1 aromatic carbocycles. The van der Waals surface area contributed by atoms with Gasteiger partial charge in [-0.05, 0) is 60.9 Å². The Morgan fingerprint density at radius 3 is 2.68 bits per heavy atom. The lowest BCUT2D eigenvalue weighted by atomic mass is 9.65. The van der Waals surface area contributed by atoms with Gasteiger partial charge in [-0.2, -0.15) is 0 Å². The number of hydrogen-bond acceptors (Lipinski definition) is 1. The van der Waals surface area contributed by atoms with Crippen LogP contribution in [0.4, 0.5) is 4.39 Å². The van der Waals surface area contributed by atoms with Gasteiger partial charge in [0.2, 0.25) is 0 Å². The first kappa shape index (κ1) is 14.8. The van der Waals surface area contributed by atoms with Crippen LogP contribution >= 0.6 is 11.6 Å². The molecule has 106 valence electrons. The normalized spacial score (nSPS) is 17.5. The molecular weight excluding hydrogens is 261 g/mol. The van der Waals surface area contributed by atoms with Crippen LogP contribution in [0.1, 0.15) is 38.7 Å². The highest BCUT2D eigenvalue weighted by atomic mass is 35.5. The van der Waals surface area contributed by atoms with Crippen LogP contribution in [0.3, 0.4) is 0 Å². The molecule has 0 heterocycles. The maximum Gasteiger partial charge on any atom is 0.123 e. The molecule has 0 unspecified atom stereocenters. The van der Waals surface area contributed by atoms with Gasteiger partial charge >= 0.3 is 0 Å². The predicted octanol–water partition coefficient (Wildman–Crippen LogP) is 4.44. The highest BCUT2D eigenvalue weighted by Crippen LogP contribution is 2.44. The number of halogens is 2. The molecule has 3 heteroatoms. The number of benzene rings is 1. The van der Waals surface area contributed by atoms with E-state index >= 15 is 0 Å². The fraction of sp³-hybridized carbons (Fsp3) is 0.625. The Hall–Kier alpha value is -0.600. The summed E-state index contributed by atoms with van der Waals surface area (Å²) in [5.74, 6) is 0.471. The number of hydrogen-bond donors (Lipinski definition) is 1. The first-order valence-electron chi connectivity index (χ1n) is 7.15. The molecular formula is C16H23ClFN. The van der Waals surface area contributed by atoms with Gasteiger partial charge in [-0.3, -0.25) is 0 Å². The molecule has 0 radical (unpaired) electrons. The summed E-state index contributed by atoms with van der Waals surface area (Å²) < 4.78 is 13.3. The van der Waals surface area contributed by atoms with Crippen LogP contribution in [-0.4, -0.2) is 13.1 Å². The van der Waals surface area contributed by atoms with Crippen molar-refractivity contribution >= 4 is 11.6 Å². The fourth-order valence-corrected chi connectivity index (χ4v) is 2.99. The van der Waals surface area contributed by atoms with E-state index in [4.69, 9.17) is 11.6 Å². The van der Waals surface area contributed by atoms with Gasteiger partial charge in [0.25, 0.3) is 0 Å². The SMILES string of the molecule is CC(C)CNCC1(Cc2cc(F)ccc2Cl)CCC1. The standard InChI is InChI=1S/C16H23ClFN/c1-12(2)10-19-11-16(6-3-7-16)9-13-8-14(18)4-5-15(13)17/h4-5,8,12,19H,3,6-7,9-11H2,1-2H3. The molecule has 1 saturated carbocycles. The molecule has 0 amide bonds. The van der Waals surface area contributed by atoms with Gasteiger partial charge in [0.05, 0.1) is 0 Å². The highest BCUT2D eigenvalue weighted by Gasteiger charge is 2.37. The second-order valence-electron chi connectivity index (χ2n) is 6.29. The lowest BCUT2D eigenvalue weighted by Crippen LogP contribution is -2.42. The molecule has 2 rings (SSSR count). The summed E-state index contributed by atoms with van der Waals surface area (Å²) in [5.41, 5.74) is 1.24. The third-order valence-corrected chi connectivity index (χ3v) is 4.41. The van der Waals surface area contributed by atoms with E-state index in [0.717, 1.165) is 25.1 Å². The minimum atomic E-state index is -0.191. The van der Waals surface area contributed by atoms with E-state index < -0.39 is 0 Å². The van der Waals surface area contributed by atoms with Crippen molar-refractivity contribution < 1.29 is 4.39 Å². The first-order chi connectivity index (χ1) is 9.01. The molecule has 1 N–H and O–H groups in total. The van der Waals surface area contributed by atoms with E-state index in [0.29, 0.717) is 10.9 Å². The van der Waals surface area contributed by atoms with Crippen molar-refractivity contribution in [2.24, 2.45) is 11.3 Å². The molecule has 0 bridgehead atoms. The Morgan fingerprint density at radius 1 is 1.37 bits per heavy atom. The van der Waals surface area contributed by atoms with Gasteiger partial charge in [0.1, 0.15) is 5.82 Å². The molecule has 0 spiro atoms. The summed E-state index contributed by atoms with van der Waals surface area (Å²) in [6.45, 7) is 6.48. The van der Waals surface area contributed by atoms with Gasteiger partial charge in [0, 0.05) is 11.6 Å². The monoisotopic (exact) mass is 283 g/mol. The molecule has 1 aromatic rings. The van der Waals surface area contributed by atoms with Crippen LogP contribution in [-0.2, 0) is 6.42 Å². The molecule has 1 aliphatic rings. The smallest absolute Gasteiger partial charge is 0.123 e. The van der Waals surface area contributed by atoms with Crippen molar-refractivity contribution in [3.05, 3.63) is 34.6 Å². The van der Waals surface area contributed by atoms with E-state index in [1.165, 1.54) is 25.3 Å². The Balaban J connectivity index is 1.99. The highest BCUT2D eigenvalue weighted by molar-refractivity contribution is 6.31. The summed E-state index contributed by atoms with van der Waals surface area (Å²) in [7, 11) is 0. The van der Waals surface area contributed by atoms with Crippen LogP contribution in [0.15, 0.2) is 18.2 Å². The summed E-state index contributed by atoms with van der Waals surface area (Å²) in [6.07, 6.45) is 4.58. The number of nitrogens with one attached hydrogen (secondary N) is 1. The number of rotatable bonds is 6. The third kappa shape index (κ3) is 3.93. The van der Waals surface area contributed by atoms with Crippen LogP contribution < -0.4 is 5.32 Å². The minimum absolute atomic E-state index is 0.191. The van der Waals surface area contributed by atoms with Crippen LogP contribution in [0.5, 0.6) is 0 Å². The largest absolute Gasteiger partial charge is 0.316 e. The predicted molar refractivity (Wildman–Crippen MR) is 79.1 cm³/mol. The maximum atomic E-state index is 13.3. The second-order valence-corrected chi connectivity index (χ2v) is 6.70. The zero-order valence-corrected chi connectivity index (χ0v) is 12.6. The zero-order valence-electron chi connectivity index (χ0n) is 11.8. The first-order valence-corrected chi connectivity index (χ1v) is 7.53. The van der Waals surface area contributed by atoms with Gasteiger partial charge in [-0.25, -0.2) is 4.39 Å². The fourth-order valence-electron chi connectivity index (χ4n) is 2.80. The van der Waals surface area contributed by atoms with Crippen LogP contribution in [0, 0.1) is 17.2 Å². The lowest BCUT2D eigenvalue weighted by molar-refractivity contribution is 0.129. The quantitative estimate of drug-likeness (QED) is 0.814. The Kier molecular flexibility index (Phi) is 4.86. The average Bonchev–Trinajstić information content (AvgIpc) is 2.30. The Labute approximate surface area is 120 Å². The van der Waals surface area contributed by atoms with E-state index in [2.05, 4.69) is 19.2 Å². The molecule has 1 nitrogen and oxygen atoms in total. The molecule has 0 saturated heterocycles. The topological polar surface area (TPSA) is 12.0 Å². The average molecular weight is 284 g/mol. The maximum absolute atomic E-state index is 13.3. The minimum Gasteiger partial charge on any atom is -0.316 e. The third-order valence-electron chi connectivity index (χ3n) is 4.04. The van der Waals surface area contributed by atoms with Crippen molar-refractivity contribution in [1.82, 2.24) is 5.32 Å². The second kappa shape index (κ2) is 6.23. The Morgan fingerprint density at radius 2 is 2.11 bits per heavy atom. The summed E-state index contributed by atoms with van der Waals surface area (Å²) >= 11 is 6.18. The van der Waals surface area contributed by atoms with Gasteiger partial charge in [0.15, 0.2) is 0 Å². The summed E-state index contributed by atoms with van der Waals surface area (Å²) in [4.78, 5) is 0. The van der Waals surface area contributed by atoms with Crippen molar-refractivity contribution in [2.45, 2.75) is 39.5 Å².